The molecule has 5 nitrogen and oxygen atoms in total. The van der Waals surface area contributed by atoms with E-state index in [0.29, 0.717) is 11.3 Å². The van der Waals surface area contributed by atoms with Crippen molar-refractivity contribution in [1.29, 1.82) is 0 Å². The Morgan fingerprint density at radius 3 is 2.75 bits per heavy atom. The van der Waals surface area contributed by atoms with Gasteiger partial charge in [0.1, 0.15) is 10.8 Å². The second-order valence-corrected chi connectivity index (χ2v) is 4.63. The number of benzene rings is 1. The molecule has 2 aromatic rings. The lowest BCUT2D eigenvalue weighted by atomic mass is 10.1. The smallest absolute Gasteiger partial charge is 0.288 e. The highest BCUT2D eigenvalue weighted by Gasteiger charge is 2.13. The van der Waals surface area contributed by atoms with Crippen LogP contribution in [-0.2, 0) is 0 Å². The van der Waals surface area contributed by atoms with Gasteiger partial charge in [-0.15, -0.1) is 0 Å². The van der Waals surface area contributed by atoms with Crippen molar-refractivity contribution < 1.29 is 9.31 Å². The summed E-state index contributed by atoms with van der Waals surface area (Å²) < 4.78 is 13.1. The molecular weight excluding hydrogens is 285 g/mol. The lowest BCUT2D eigenvalue weighted by molar-refractivity contribution is -0.384. The van der Waals surface area contributed by atoms with Gasteiger partial charge in [0, 0.05) is 18.0 Å². The highest BCUT2D eigenvalue weighted by atomic mass is 35.5. The van der Waals surface area contributed by atoms with Gasteiger partial charge in [0.2, 0.25) is 0 Å². The molecule has 20 heavy (non-hydrogen) atoms. The third-order valence-corrected chi connectivity index (χ3v) is 3.06. The number of hydrogen-bond donors (Lipinski definition) is 1. The average Bonchev–Trinajstić information content (AvgIpc) is 2.38. The van der Waals surface area contributed by atoms with E-state index in [-0.39, 0.29) is 16.8 Å². The average molecular weight is 296 g/mol. The molecule has 1 atom stereocenters. The first kappa shape index (κ1) is 14.2. The first-order chi connectivity index (χ1) is 9.47. The summed E-state index contributed by atoms with van der Waals surface area (Å²) in [5, 5.41) is 13.8. The van der Waals surface area contributed by atoms with Gasteiger partial charge in [0.25, 0.3) is 5.69 Å². The molecule has 0 aliphatic heterocycles. The molecule has 0 bridgehead atoms. The summed E-state index contributed by atoms with van der Waals surface area (Å²) >= 11 is 5.83. The highest BCUT2D eigenvalue weighted by molar-refractivity contribution is 6.32. The summed E-state index contributed by atoms with van der Waals surface area (Å²) in [5.41, 5.74) is 1.12. The van der Waals surface area contributed by atoms with E-state index in [4.69, 9.17) is 11.6 Å². The largest absolute Gasteiger partial charge is 0.378 e. The molecule has 0 aliphatic carbocycles. The van der Waals surface area contributed by atoms with E-state index in [1.165, 1.54) is 18.2 Å². The minimum atomic E-state index is -0.550. The topological polar surface area (TPSA) is 68.1 Å². The molecule has 0 radical (unpaired) electrons. The Labute approximate surface area is 119 Å². The molecule has 104 valence electrons. The number of halogens is 2. The summed E-state index contributed by atoms with van der Waals surface area (Å²) in [6.45, 7) is 1.83. The van der Waals surface area contributed by atoms with Gasteiger partial charge in [0.05, 0.1) is 17.2 Å². The van der Waals surface area contributed by atoms with Crippen molar-refractivity contribution in [3.8, 4) is 0 Å². The molecular formula is C13H11ClFN3O2. The summed E-state index contributed by atoms with van der Waals surface area (Å²) in [4.78, 5) is 13.9. The van der Waals surface area contributed by atoms with Gasteiger partial charge in [-0.2, -0.15) is 0 Å². The van der Waals surface area contributed by atoms with E-state index in [2.05, 4.69) is 10.3 Å². The van der Waals surface area contributed by atoms with Gasteiger partial charge >= 0.3 is 0 Å². The first-order valence-electron chi connectivity index (χ1n) is 5.78. The Bertz CT molecular complexity index is 651. The van der Waals surface area contributed by atoms with Crippen LogP contribution in [0.2, 0.25) is 5.02 Å². The van der Waals surface area contributed by atoms with Crippen LogP contribution in [0.5, 0.6) is 0 Å². The van der Waals surface area contributed by atoms with E-state index in [1.807, 2.05) is 6.92 Å². The van der Waals surface area contributed by atoms with E-state index >= 15 is 0 Å². The maximum absolute atomic E-state index is 13.1. The van der Waals surface area contributed by atoms with Crippen molar-refractivity contribution in [3.05, 3.63) is 63.2 Å². The molecule has 2 rings (SSSR count). The van der Waals surface area contributed by atoms with E-state index in [9.17, 15) is 14.5 Å². The van der Waals surface area contributed by atoms with E-state index in [1.54, 1.807) is 12.3 Å². The van der Waals surface area contributed by atoms with Crippen LogP contribution in [0, 0.1) is 15.9 Å². The minimum Gasteiger partial charge on any atom is -0.378 e. The first-order valence-corrected chi connectivity index (χ1v) is 6.16. The number of nitrogens with one attached hydrogen (secondary N) is 1. The molecule has 0 spiro atoms. The Hall–Kier alpha value is -2.21. The second kappa shape index (κ2) is 5.83. The SMILES string of the molecule is CC(Nc1ccc([N+](=O)[O-])c(Cl)c1)c1cncc(F)c1. The lowest BCUT2D eigenvalue weighted by Gasteiger charge is -2.15. The Balaban J connectivity index is 2.18. The number of hydrogen-bond acceptors (Lipinski definition) is 4. The van der Waals surface area contributed by atoms with Crippen molar-refractivity contribution in [2.24, 2.45) is 0 Å². The number of pyridine rings is 1. The number of nitro benzene ring substituents is 1. The third-order valence-electron chi connectivity index (χ3n) is 2.75. The fourth-order valence-corrected chi connectivity index (χ4v) is 1.99. The number of nitro groups is 1. The van der Waals surface area contributed by atoms with Gasteiger partial charge < -0.3 is 5.32 Å². The standard InChI is InChI=1S/C13H11ClFN3O2/c1-8(9-4-10(15)7-16-6-9)17-11-2-3-13(18(19)20)12(14)5-11/h2-8,17H,1H3. The van der Waals surface area contributed by atoms with Crippen molar-refractivity contribution in [1.82, 2.24) is 4.98 Å². The zero-order valence-electron chi connectivity index (χ0n) is 10.5. The normalized spacial score (nSPS) is 11.9. The summed E-state index contributed by atoms with van der Waals surface area (Å²) in [6.07, 6.45) is 2.67. The monoisotopic (exact) mass is 295 g/mol. The van der Waals surface area contributed by atoms with Crippen LogP contribution in [-0.4, -0.2) is 9.91 Å². The summed E-state index contributed by atoms with van der Waals surface area (Å²) in [6, 6.07) is 5.49. The van der Waals surface area contributed by atoms with Crippen molar-refractivity contribution >= 4 is 23.0 Å². The molecule has 0 aliphatic rings. The number of nitrogens with zero attached hydrogens (tertiary/aromatic N) is 2. The molecule has 1 unspecified atom stereocenters. The van der Waals surface area contributed by atoms with Crippen LogP contribution >= 0.6 is 11.6 Å². The van der Waals surface area contributed by atoms with Crippen molar-refractivity contribution in [2.45, 2.75) is 13.0 Å². The quantitative estimate of drug-likeness (QED) is 0.685. The number of aromatic nitrogens is 1. The molecule has 0 saturated carbocycles. The van der Waals surface area contributed by atoms with Gasteiger partial charge in [0.15, 0.2) is 0 Å². The van der Waals surface area contributed by atoms with Crippen LogP contribution in [0.4, 0.5) is 15.8 Å². The van der Waals surface area contributed by atoms with Crippen LogP contribution < -0.4 is 5.32 Å². The van der Waals surface area contributed by atoms with E-state index < -0.39 is 10.7 Å². The Morgan fingerprint density at radius 2 is 2.15 bits per heavy atom. The van der Waals surface area contributed by atoms with E-state index in [0.717, 1.165) is 6.20 Å². The summed E-state index contributed by atoms with van der Waals surface area (Å²) in [5.74, 6) is -0.419. The maximum atomic E-state index is 13.1. The molecule has 0 amide bonds. The fraction of sp³-hybridized carbons (Fsp3) is 0.154. The Kier molecular flexibility index (Phi) is 4.14. The molecule has 1 N–H and O–H groups in total. The van der Waals surface area contributed by atoms with Crippen molar-refractivity contribution in [2.75, 3.05) is 5.32 Å². The van der Waals surface area contributed by atoms with Gasteiger partial charge in [-0.1, -0.05) is 11.6 Å². The van der Waals surface area contributed by atoms with Crippen LogP contribution in [0.3, 0.4) is 0 Å². The fourth-order valence-electron chi connectivity index (χ4n) is 1.74. The van der Waals surface area contributed by atoms with Crippen LogP contribution in [0.15, 0.2) is 36.7 Å². The van der Waals surface area contributed by atoms with Gasteiger partial charge in [-0.25, -0.2) is 4.39 Å². The van der Waals surface area contributed by atoms with Gasteiger partial charge in [-0.05, 0) is 30.7 Å². The predicted molar refractivity (Wildman–Crippen MR) is 74.3 cm³/mol. The minimum absolute atomic E-state index is 0.0459. The summed E-state index contributed by atoms with van der Waals surface area (Å²) in [7, 11) is 0. The second-order valence-electron chi connectivity index (χ2n) is 4.23. The Morgan fingerprint density at radius 1 is 1.40 bits per heavy atom. The zero-order chi connectivity index (χ0) is 14.7. The number of rotatable bonds is 4. The van der Waals surface area contributed by atoms with Crippen LogP contribution in [0.1, 0.15) is 18.5 Å². The molecule has 7 heteroatoms. The molecule has 1 aromatic carbocycles. The zero-order valence-corrected chi connectivity index (χ0v) is 11.3. The third kappa shape index (κ3) is 3.21. The number of anilines is 1. The highest BCUT2D eigenvalue weighted by Crippen LogP contribution is 2.29. The molecule has 1 heterocycles. The molecule has 0 fully saturated rings. The predicted octanol–water partition coefficient (Wildman–Crippen LogP) is 3.96. The molecule has 0 saturated heterocycles. The molecule has 1 aromatic heterocycles. The van der Waals surface area contributed by atoms with Crippen molar-refractivity contribution in [3.63, 3.8) is 0 Å². The van der Waals surface area contributed by atoms with Crippen LogP contribution in [0.25, 0.3) is 0 Å². The van der Waals surface area contributed by atoms with Gasteiger partial charge in [-0.3, -0.25) is 15.1 Å². The maximum Gasteiger partial charge on any atom is 0.288 e. The lowest BCUT2D eigenvalue weighted by Crippen LogP contribution is -2.07.